The van der Waals surface area contributed by atoms with Gasteiger partial charge < -0.3 is 14.2 Å². The molecule has 0 aromatic heterocycles. The van der Waals surface area contributed by atoms with Crippen LogP contribution in [0.4, 0.5) is 5.69 Å². The van der Waals surface area contributed by atoms with Crippen LogP contribution in [0.5, 0.6) is 11.5 Å². The molecule has 0 saturated heterocycles. The number of carbonyl (C=O) groups is 2. The highest BCUT2D eigenvalue weighted by Gasteiger charge is 2.29. The third kappa shape index (κ3) is 2.09. The lowest BCUT2D eigenvalue weighted by Gasteiger charge is -2.29. The molecule has 1 aliphatic heterocycles. The summed E-state index contributed by atoms with van der Waals surface area (Å²) in [4.78, 5) is 24.4. The van der Waals surface area contributed by atoms with Crippen molar-refractivity contribution in [2.24, 2.45) is 0 Å². The summed E-state index contributed by atoms with van der Waals surface area (Å²) in [6.45, 7) is -0.261. The summed E-state index contributed by atoms with van der Waals surface area (Å²) in [5, 5.41) is 0. The third-order valence-corrected chi connectivity index (χ3v) is 2.62. The second-order valence-corrected chi connectivity index (χ2v) is 3.65. The van der Waals surface area contributed by atoms with E-state index in [-0.39, 0.29) is 19.1 Å². The fourth-order valence-electron chi connectivity index (χ4n) is 1.74. The Morgan fingerprint density at radius 2 is 2.22 bits per heavy atom. The average Bonchev–Trinajstić information content (AvgIpc) is 2.40. The molecule has 6 heteroatoms. The van der Waals surface area contributed by atoms with Gasteiger partial charge in [0, 0.05) is 0 Å². The van der Waals surface area contributed by atoms with Gasteiger partial charge in [-0.25, -0.2) is 0 Å². The lowest BCUT2D eigenvalue weighted by Crippen LogP contribution is -2.42. The van der Waals surface area contributed by atoms with E-state index in [9.17, 15) is 9.59 Å². The van der Waals surface area contributed by atoms with Crippen molar-refractivity contribution in [1.29, 1.82) is 0 Å². The highest BCUT2D eigenvalue weighted by molar-refractivity contribution is 6.01. The lowest BCUT2D eigenvalue weighted by atomic mass is 10.2. The second-order valence-electron chi connectivity index (χ2n) is 3.65. The SMILES string of the molecule is COC(=O)CN1C(=O)COc2c(OC)cccc21. The van der Waals surface area contributed by atoms with Crippen molar-refractivity contribution in [1.82, 2.24) is 0 Å². The van der Waals surface area contributed by atoms with E-state index in [1.165, 1.54) is 19.1 Å². The Bertz CT molecular complexity index is 485. The number of esters is 1. The molecular formula is C12H13NO5. The van der Waals surface area contributed by atoms with Crippen molar-refractivity contribution in [2.75, 3.05) is 32.3 Å². The molecule has 0 bridgehead atoms. The van der Waals surface area contributed by atoms with Gasteiger partial charge in [0.2, 0.25) is 0 Å². The topological polar surface area (TPSA) is 65.1 Å². The number of nitrogens with zero attached hydrogens (tertiary/aromatic N) is 1. The summed E-state index contributed by atoms with van der Waals surface area (Å²) in [6.07, 6.45) is 0. The molecule has 0 fully saturated rings. The molecule has 1 aliphatic rings. The Morgan fingerprint density at radius 1 is 1.44 bits per heavy atom. The van der Waals surface area contributed by atoms with Crippen LogP contribution >= 0.6 is 0 Å². The Balaban J connectivity index is 2.38. The Hall–Kier alpha value is -2.24. The molecule has 1 aromatic rings. The molecule has 18 heavy (non-hydrogen) atoms. The summed E-state index contributed by atoms with van der Waals surface area (Å²) in [7, 11) is 2.79. The molecule has 0 saturated carbocycles. The molecule has 2 rings (SSSR count). The number of carbonyl (C=O) groups excluding carboxylic acids is 2. The first kappa shape index (κ1) is 12.2. The molecule has 96 valence electrons. The van der Waals surface area contributed by atoms with Crippen LogP contribution in [-0.4, -0.2) is 39.2 Å². The first-order valence-corrected chi connectivity index (χ1v) is 5.34. The summed E-state index contributed by atoms with van der Waals surface area (Å²) in [5.41, 5.74) is 0.510. The van der Waals surface area contributed by atoms with Crippen LogP contribution in [0.25, 0.3) is 0 Å². The van der Waals surface area contributed by atoms with Crippen LogP contribution < -0.4 is 14.4 Å². The monoisotopic (exact) mass is 251 g/mol. The zero-order valence-electron chi connectivity index (χ0n) is 10.1. The summed E-state index contributed by atoms with van der Waals surface area (Å²) < 4.78 is 15.1. The van der Waals surface area contributed by atoms with E-state index < -0.39 is 5.97 Å². The molecule has 1 heterocycles. The van der Waals surface area contributed by atoms with Gasteiger partial charge in [0.1, 0.15) is 6.54 Å². The quantitative estimate of drug-likeness (QED) is 0.736. The van der Waals surface area contributed by atoms with E-state index in [1.54, 1.807) is 18.2 Å². The predicted molar refractivity (Wildman–Crippen MR) is 62.9 cm³/mol. The summed E-state index contributed by atoms with van der Waals surface area (Å²) in [6, 6.07) is 5.15. The number of benzene rings is 1. The molecule has 1 aromatic carbocycles. The highest BCUT2D eigenvalue weighted by Crippen LogP contribution is 2.39. The largest absolute Gasteiger partial charge is 0.493 e. The summed E-state index contributed by atoms with van der Waals surface area (Å²) in [5.74, 6) is 0.207. The first-order chi connectivity index (χ1) is 8.67. The van der Waals surface area contributed by atoms with E-state index in [0.29, 0.717) is 17.2 Å². The van der Waals surface area contributed by atoms with Gasteiger partial charge in [0.15, 0.2) is 18.1 Å². The zero-order chi connectivity index (χ0) is 13.1. The Labute approximate surface area is 104 Å². The molecule has 0 radical (unpaired) electrons. The number of fused-ring (bicyclic) bond motifs is 1. The predicted octanol–water partition coefficient (Wildman–Crippen LogP) is 0.594. The molecule has 0 aliphatic carbocycles. The Kier molecular flexibility index (Phi) is 3.36. The molecule has 1 amide bonds. The first-order valence-electron chi connectivity index (χ1n) is 5.34. The molecular weight excluding hydrogens is 238 g/mol. The average molecular weight is 251 g/mol. The van der Waals surface area contributed by atoms with Crippen molar-refractivity contribution >= 4 is 17.6 Å². The lowest BCUT2D eigenvalue weighted by molar-refractivity contribution is -0.140. The normalized spacial score (nSPS) is 13.7. The maximum atomic E-state index is 11.8. The maximum Gasteiger partial charge on any atom is 0.325 e. The van der Waals surface area contributed by atoms with E-state index >= 15 is 0 Å². The standard InChI is InChI=1S/C12H13NO5/c1-16-9-5-3-4-8-12(9)18-7-10(14)13(8)6-11(15)17-2/h3-5H,6-7H2,1-2H3. The van der Waals surface area contributed by atoms with E-state index in [2.05, 4.69) is 4.74 Å². The van der Waals surface area contributed by atoms with Gasteiger partial charge >= 0.3 is 5.97 Å². The molecule has 0 spiro atoms. The van der Waals surface area contributed by atoms with Gasteiger partial charge in [-0.05, 0) is 12.1 Å². The second kappa shape index (κ2) is 4.95. The molecule has 0 atom stereocenters. The van der Waals surface area contributed by atoms with Gasteiger partial charge in [-0.2, -0.15) is 0 Å². The van der Waals surface area contributed by atoms with Crippen LogP contribution in [0.2, 0.25) is 0 Å². The van der Waals surface area contributed by atoms with Crippen molar-refractivity contribution < 1.29 is 23.8 Å². The number of hydrogen-bond acceptors (Lipinski definition) is 5. The van der Waals surface area contributed by atoms with E-state index in [4.69, 9.17) is 9.47 Å². The third-order valence-electron chi connectivity index (χ3n) is 2.62. The van der Waals surface area contributed by atoms with Crippen molar-refractivity contribution in [2.45, 2.75) is 0 Å². The van der Waals surface area contributed by atoms with Crippen molar-refractivity contribution in [3.63, 3.8) is 0 Å². The highest BCUT2D eigenvalue weighted by atomic mass is 16.5. The van der Waals surface area contributed by atoms with Crippen LogP contribution in [0.3, 0.4) is 0 Å². The van der Waals surface area contributed by atoms with Crippen LogP contribution in [0.15, 0.2) is 18.2 Å². The summed E-state index contributed by atoms with van der Waals surface area (Å²) >= 11 is 0. The smallest absolute Gasteiger partial charge is 0.325 e. The van der Waals surface area contributed by atoms with Gasteiger partial charge in [0.25, 0.3) is 5.91 Å². The van der Waals surface area contributed by atoms with E-state index in [0.717, 1.165) is 0 Å². The van der Waals surface area contributed by atoms with Crippen molar-refractivity contribution in [3.05, 3.63) is 18.2 Å². The number of methoxy groups -OCH3 is 2. The van der Waals surface area contributed by atoms with Crippen LogP contribution in [-0.2, 0) is 14.3 Å². The number of hydrogen-bond donors (Lipinski definition) is 0. The van der Waals surface area contributed by atoms with Gasteiger partial charge in [-0.15, -0.1) is 0 Å². The van der Waals surface area contributed by atoms with E-state index in [1.807, 2.05) is 0 Å². The number of anilines is 1. The molecule has 0 N–H and O–H groups in total. The molecule has 6 nitrogen and oxygen atoms in total. The van der Waals surface area contributed by atoms with Gasteiger partial charge in [0.05, 0.1) is 19.9 Å². The van der Waals surface area contributed by atoms with Crippen LogP contribution in [0.1, 0.15) is 0 Å². The van der Waals surface area contributed by atoms with Crippen LogP contribution in [0, 0.1) is 0 Å². The maximum absolute atomic E-state index is 11.8. The number of ether oxygens (including phenoxy) is 3. The number of para-hydroxylation sites is 1. The number of amides is 1. The minimum absolute atomic E-state index is 0.121. The Morgan fingerprint density at radius 3 is 2.89 bits per heavy atom. The van der Waals surface area contributed by atoms with Crippen molar-refractivity contribution in [3.8, 4) is 11.5 Å². The number of rotatable bonds is 3. The fourth-order valence-corrected chi connectivity index (χ4v) is 1.74. The zero-order valence-corrected chi connectivity index (χ0v) is 10.1. The fraction of sp³-hybridized carbons (Fsp3) is 0.333. The van der Waals surface area contributed by atoms with Gasteiger partial charge in [-0.3, -0.25) is 14.5 Å². The minimum atomic E-state index is -0.487. The molecule has 0 unspecified atom stereocenters. The minimum Gasteiger partial charge on any atom is -0.493 e. The van der Waals surface area contributed by atoms with Gasteiger partial charge in [-0.1, -0.05) is 6.07 Å².